The van der Waals surface area contributed by atoms with Gasteiger partial charge >= 0.3 is 0 Å². The molecule has 4 nitrogen and oxygen atoms in total. The van der Waals surface area contributed by atoms with Gasteiger partial charge in [0.2, 0.25) is 0 Å². The first-order valence-electron chi connectivity index (χ1n) is 8.01. The van der Waals surface area contributed by atoms with Crippen molar-refractivity contribution in [2.75, 3.05) is 6.54 Å². The molecule has 0 saturated carbocycles. The minimum absolute atomic E-state index is 0.400. The van der Waals surface area contributed by atoms with Gasteiger partial charge in [0.05, 0.1) is 29.8 Å². The number of nitrogens with zero attached hydrogens (tertiary/aromatic N) is 4. The Morgan fingerprint density at radius 1 is 1.14 bits per heavy atom. The Hall–Kier alpha value is -1.81. The van der Waals surface area contributed by atoms with Crippen LogP contribution < -0.4 is 0 Å². The zero-order chi connectivity index (χ0) is 17.0. The van der Waals surface area contributed by atoms with E-state index in [0.29, 0.717) is 18.4 Å². The fourth-order valence-electron chi connectivity index (χ4n) is 3.36. The van der Waals surface area contributed by atoms with Crippen LogP contribution in [0.5, 0.6) is 0 Å². The highest BCUT2D eigenvalue weighted by atomic mass is 15.2. The molecule has 0 radical (unpaired) electrons. The Balaban J connectivity index is 3.26. The molecule has 0 aromatic rings. The molecule has 0 spiro atoms. The smallest absolute Gasteiger partial charge is 0.125 e. The van der Waals surface area contributed by atoms with Crippen LogP contribution in [0.15, 0.2) is 16.9 Å². The van der Waals surface area contributed by atoms with E-state index in [4.69, 9.17) is 0 Å². The topological polar surface area (TPSA) is 63.2 Å². The lowest BCUT2D eigenvalue weighted by molar-refractivity contribution is 0.155. The Bertz CT molecular complexity index is 532. The second-order valence-corrected chi connectivity index (χ2v) is 7.48. The quantitative estimate of drug-likeness (QED) is 0.741. The summed E-state index contributed by atoms with van der Waals surface area (Å²) in [5, 5.41) is 19.6. The third-order valence-electron chi connectivity index (χ3n) is 4.13. The summed E-state index contributed by atoms with van der Waals surface area (Å²) in [4.78, 5) is 6.34. The van der Waals surface area contributed by atoms with Gasteiger partial charge in [-0.05, 0) is 38.5 Å². The SMILES string of the molecule is CC(C)CC(C)(C#N)C1=CN=CCN1C(C)(C#N)CC(C)C. The molecule has 0 amide bonds. The monoisotopic (exact) mass is 300 g/mol. The van der Waals surface area contributed by atoms with Crippen LogP contribution >= 0.6 is 0 Å². The van der Waals surface area contributed by atoms with Gasteiger partial charge in [-0.15, -0.1) is 0 Å². The fraction of sp³-hybridized carbons (Fsp3) is 0.722. The Morgan fingerprint density at radius 3 is 2.18 bits per heavy atom. The van der Waals surface area contributed by atoms with E-state index in [1.807, 2.05) is 20.1 Å². The highest BCUT2D eigenvalue weighted by molar-refractivity contribution is 5.63. The van der Waals surface area contributed by atoms with Gasteiger partial charge < -0.3 is 4.90 Å². The number of aliphatic imine (C=N–C) groups is 1. The van der Waals surface area contributed by atoms with Crippen LogP contribution in [0.2, 0.25) is 0 Å². The predicted molar refractivity (Wildman–Crippen MR) is 89.9 cm³/mol. The highest BCUT2D eigenvalue weighted by Crippen LogP contribution is 2.40. The summed E-state index contributed by atoms with van der Waals surface area (Å²) in [7, 11) is 0. The zero-order valence-electron chi connectivity index (χ0n) is 14.7. The molecule has 120 valence electrons. The number of nitriles is 2. The highest BCUT2D eigenvalue weighted by Gasteiger charge is 2.42. The van der Waals surface area contributed by atoms with Gasteiger partial charge in [-0.25, -0.2) is 0 Å². The van der Waals surface area contributed by atoms with Crippen molar-refractivity contribution in [1.29, 1.82) is 10.5 Å². The maximum atomic E-state index is 9.78. The molecule has 4 heteroatoms. The van der Waals surface area contributed by atoms with Crippen molar-refractivity contribution in [3.63, 3.8) is 0 Å². The average molecular weight is 300 g/mol. The lowest BCUT2D eigenvalue weighted by Crippen LogP contribution is -2.50. The van der Waals surface area contributed by atoms with Crippen molar-refractivity contribution >= 4 is 6.21 Å². The Kier molecular flexibility index (Phi) is 5.78. The second kappa shape index (κ2) is 6.97. The van der Waals surface area contributed by atoms with Crippen LogP contribution in [-0.2, 0) is 0 Å². The van der Waals surface area contributed by atoms with Crippen molar-refractivity contribution in [2.24, 2.45) is 22.2 Å². The Labute approximate surface area is 135 Å². The molecule has 1 rings (SSSR count). The first-order valence-corrected chi connectivity index (χ1v) is 8.01. The molecule has 2 unspecified atom stereocenters. The van der Waals surface area contributed by atoms with Gasteiger partial charge in [0.15, 0.2) is 0 Å². The molecule has 22 heavy (non-hydrogen) atoms. The summed E-state index contributed by atoms with van der Waals surface area (Å²) in [6.45, 7) is 13.0. The van der Waals surface area contributed by atoms with E-state index in [1.54, 1.807) is 6.20 Å². The molecule has 2 atom stereocenters. The van der Waals surface area contributed by atoms with Crippen LogP contribution in [0.3, 0.4) is 0 Å². The molecule has 1 heterocycles. The summed E-state index contributed by atoms with van der Waals surface area (Å²) in [6.07, 6.45) is 5.10. The summed E-state index contributed by atoms with van der Waals surface area (Å²) in [5.74, 6) is 0.806. The molecule has 1 aliphatic heterocycles. The standard InChI is InChI=1S/C18H28N4/c1-14(2)9-17(5,12-19)16-11-21-7-8-22(16)18(6,13-20)10-15(3)4/h7,11,14-15H,8-10H2,1-6H3. The summed E-state index contributed by atoms with van der Waals surface area (Å²) in [6, 6.07) is 4.94. The number of rotatable bonds is 6. The summed E-state index contributed by atoms with van der Waals surface area (Å²) >= 11 is 0. The predicted octanol–water partition coefficient (Wildman–Crippen LogP) is 4.12. The van der Waals surface area contributed by atoms with Gasteiger partial charge in [0.25, 0.3) is 0 Å². The maximum absolute atomic E-state index is 9.78. The molecule has 0 fully saturated rings. The van der Waals surface area contributed by atoms with Gasteiger partial charge in [-0.2, -0.15) is 10.5 Å². The average Bonchev–Trinajstić information content (AvgIpc) is 2.45. The molecule has 0 aromatic heterocycles. The van der Waals surface area contributed by atoms with E-state index in [-0.39, 0.29) is 0 Å². The minimum atomic E-state index is -0.624. The van der Waals surface area contributed by atoms with Gasteiger partial charge in [-0.3, -0.25) is 4.99 Å². The van der Waals surface area contributed by atoms with E-state index in [2.05, 4.69) is 49.7 Å². The maximum Gasteiger partial charge on any atom is 0.125 e. The first-order chi connectivity index (χ1) is 10.2. The first kappa shape index (κ1) is 18.2. The van der Waals surface area contributed by atoms with E-state index in [9.17, 15) is 10.5 Å². The van der Waals surface area contributed by atoms with Crippen LogP contribution in [-0.4, -0.2) is 23.2 Å². The molecule has 0 aromatic carbocycles. The van der Waals surface area contributed by atoms with Crippen molar-refractivity contribution in [2.45, 2.75) is 59.9 Å². The van der Waals surface area contributed by atoms with E-state index >= 15 is 0 Å². The normalized spacial score (nSPS) is 20.1. The zero-order valence-corrected chi connectivity index (χ0v) is 14.7. The second-order valence-electron chi connectivity index (χ2n) is 7.48. The largest absolute Gasteiger partial charge is 0.349 e. The van der Waals surface area contributed by atoms with Crippen molar-refractivity contribution in [3.8, 4) is 12.1 Å². The molecular weight excluding hydrogens is 272 g/mol. The van der Waals surface area contributed by atoms with Crippen molar-refractivity contribution in [3.05, 3.63) is 11.9 Å². The number of hydrogen-bond donors (Lipinski definition) is 0. The van der Waals surface area contributed by atoms with E-state index in [1.165, 1.54) is 0 Å². The van der Waals surface area contributed by atoms with Crippen LogP contribution in [0.1, 0.15) is 54.4 Å². The van der Waals surface area contributed by atoms with E-state index < -0.39 is 11.0 Å². The minimum Gasteiger partial charge on any atom is -0.349 e. The molecule has 0 saturated heterocycles. The molecule has 0 aliphatic carbocycles. The summed E-state index contributed by atoms with van der Waals surface area (Å²) in [5.41, 5.74) is -0.376. The van der Waals surface area contributed by atoms with Crippen molar-refractivity contribution in [1.82, 2.24) is 4.90 Å². The lowest BCUT2D eigenvalue weighted by Gasteiger charge is -2.45. The third-order valence-corrected chi connectivity index (χ3v) is 4.13. The summed E-state index contributed by atoms with van der Waals surface area (Å²) < 4.78 is 0. The Morgan fingerprint density at radius 2 is 1.73 bits per heavy atom. The van der Waals surface area contributed by atoms with Gasteiger partial charge in [0.1, 0.15) is 5.54 Å². The molecular formula is C18H28N4. The number of allylic oxidation sites excluding steroid dienone is 1. The molecule has 1 aliphatic rings. The van der Waals surface area contributed by atoms with Gasteiger partial charge in [-0.1, -0.05) is 27.7 Å². The lowest BCUT2D eigenvalue weighted by atomic mass is 9.77. The van der Waals surface area contributed by atoms with Crippen LogP contribution in [0.4, 0.5) is 0 Å². The number of hydrogen-bond acceptors (Lipinski definition) is 4. The molecule has 0 bridgehead atoms. The van der Waals surface area contributed by atoms with Crippen LogP contribution in [0.25, 0.3) is 0 Å². The van der Waals surface area contributed by atoms with Crippen LogP contribution in [0, 0.1) is 39.9 Å². The molecule has 0 N–H and O–H groups in total. The van der Waals surface area contributed by atoms with E-state index in [0.717, 1.165) is 18.5 Å². The fourth-order valence-corrected chi connectivity index (χ4v) is 3.36. The van der Waals surface area contributed by atoms with Crippen molar-refractivity contribution < 1.29 is 0 Å². The van der Waals surface area contributed by atoms with Gasteiger partial charge in [0, 0.05) is 12.4 Å². The third kappa shape index (κ3) is 3.89.